The molecule has 0 radical (unpaired) electrons. The Morgan fingerprint density at radius 1 is 1.69 bits per heavy atom. The van der Waals surface area contributed by atoms with E-state index in [4.69, 9.17) is 14.3 Å². The first-order chi connectivity index (χ1) is 7.74. The van der Waals surface area contributed by atoms with Crippen molar-refractivity contribution in [2.45, 2.75) is 25.2 Å². The molecule has 4 nitrogen and oxygen atoms in total. The second-order valence-corrected chi connectivity index (χ2v) is 4.31. The molecule has 90 valence electrons. The largest absolute Gasteiger partial charge is 0.479 e. The van der Waals surface area contributed by atoms with Crippen molar-refractivity contribution in [3.05, 3.63) is 24.2 Å². The van der Waals surface area contributed by atoms with Crippen LogP contribution in [0.5, 0.6) is 0 Å². The second kappa shape index (κ2) is 7.35. The predicted molar refractivity (Wildman–Crippen MR) is 62.5 cm³/mol. The maximum absolute atomic E-state index is 10.8. The van der Waals surface area contributed by atoms with Crippen molar-refractivity contribution in [1.82, 2.24) is 0 Å². The molecule has 1 aromatic rings. The van der Waals surface area contributed by atoms with Crippen molar-refractivity contribution in [1.29, 1.82) is 0 Å². The molecule has 1 aromatic heterocycles. The first-order valence-corrected chi connectivity index (χ1v) is 6.34. The summed E-state index contributed by atoms with van der Waals surface area (Å²) in [6.07, 6.45) is 1.47. The molecular weight excluding hydrogens is 228 g/mol. The fourth-order valence-electron chi connectivity index (χ4n) is 1.24. The minimum atomic E-state index is -0.888. The van der Waals surface area contributed by atoms with Gasteiger partial charge in [0.25, 0.3) is 0 Å². The van der Waals surface area contributed by atoms with Gasteiger partial charge in [0.2, 0.25) is 0 Å². The first kappa shape index (κ1) is 13.1. The summed E-state index contributed by atoms with van der Waals surface area (Å²) < 4.78 is 10.3. The smallest absolute Gasteiger partial charge is 0.332 e. The van der Waals surface area contributed by atoms with Gasteiger partial charge in [-0.3, -0.25) is 0 Å². The summed E-state index contributed by atoms with van der Waals surface area (Å²) in [7, 11) is 0. The van der Waals surface area contributed by atoms with E-state index in [0.717, 1.165) is 17.3 Å². The number of carboxylic acid groups (broad SMARTS) is 1. The molecule has 0 fully saturated rings. The fourth-order valence-corrected chi connectivity index (χ4v) is 2.13. The molecule has 1 rings (SSSR count). The molecule has 0 saturated heterocycles. The van der Waals surface area contributed by atoms with Crippen LogP contribution in [0.25, 0.3) is 0 Å². The van der Waals surface area contributed by atoms with Crippen molar-refractivity contribution < 1.29 is 19.1 Å². The van der Waals surface area contributed by atoms with E-state index in [1.165, 1.54) is 0 Å². The topological polar surface area (TPSA) is 59.7 Å². The van der Waals surface area contributed by atoms with E-state index in [0.29, 0.717) is 13.0 Å². The quantitative estimate of drug-likeness (QED) is 0.711. The predicted octanol–water partition coefficient (Wildman–Crippen LogP) is 2.39. The molecule has 0 aromatic carbocycles. The van der Waals surface area contributed by atoms with E-state index in [1.54, 1.807) is 24.9 Å². The Hall–Kier alpha value is -0.940. The molecule has 1 unspecified atom stereocenters. The third-order valence-electron chi connectivity index (χ3n) is 1.99. The van der Waals surface area contributed by atoms with Crippen LogP contribution in [0.4, 0.5) is 0 Å². The number of hydrogen-bond donors (Lipinski definition) is 1. The molecule has 0 bridgehead atoms. The van der Waals surface area contributed by atoms with Gasteiger partial charge >= 0.3 is 5.97 Å². The fraction of sp³-hybridized carbons (Fsp3) is 0.545. The summed E-state index contributed by atoms with van der Waals surface area (Å²) in [6.45, 7) is 2.23. The zero-order valence-electron chi connectivity index (χ0n) is 9.22. The van der Waals surface area contributed by atoms with Crippen molar-refractivity contribution in [3.8, 4) is 0 Å². The normalized spacial score (nSPS) is 12.6. The van der Waals surface area contributed by atoms with Crippen LogP contribution in [-0.4, -0.2) is 29.5 Å². The minimum absolute atomic E-state index is 0.430. The second-order valence-electron chi connectivity index (χ2n) is 3.20. The highest BCUT2D eigenvalue weighted by Gasteiger charge is 2.16. The Kier molecular flexibility index (Phi) is 6.03. The van der Waals surface area contributed by atoms with Crippen molar-refractivity contribution in [2.75, 3.05) is 12.4 Å². The van der Waals surface area contributed by atoms with Gasteiger partial charge in [-0.1, -0.05) is 0 Å². The Morgan fingerprint density at radius 2 is 2.50 bits per heavy atom. The molecule has 0 aliphatic heterocycles. The van der Waals surface area contributed by atoms with Gasteiger partial charge < -0.3 is 14.3 Å². The van der Waals surface area contributed by atoms with E-state index in [-0.39, 0.29) is 0 Å². The third kappa shape index (κ3) is 4.72. The average molecular weight is 244 g/mol. The van der Waals surface area contributed by atoms with Crippen LogP contribution in [-0.2, 0) is 15.3 Å². The van der Waals surface area contributed by atoms with Crippen LogP contribution in [0.3, 0.4) is 0 Å². The monoisotopic (exact) mass is 244 g/mol. The summed E-state index contributed by atoms with van der Waals surface area (Å²) >= 11 is 1.65. The van der Waals surface area contributed by atoms with Gasteiger partial charge in [0.05, 0.1) is 12.0 Å². The number of carbonyl (C=O) groups is 1. The Morgan fingerprint density at radius 3 is 3.06 bits per heavy atom. The summed E-state index contributed by atoms with van der Waals surface area (Å²) in [5.41, 5.74) is 0. The summed E-state index contributed by atoms with van der Waals surface area (Å²) in [5.74, 6) is 1.54. The standard InChI is InChI=1S/C11H16O4S/c1-2-14-10(11(12)13)5-7-16-8-9-4-3-6-15-9/h3-4,6,10H,2,5,7-8H2,1H3,(H,12,13). The number of carboxylic acids is 1. The van der Waals surface area contributed by atoms with E-state index in [9.17, 15) is 4.79 Å². The molecule has 0 aliphatic carbocycles. The van der Waals surface area contributed by atoms with Crippen LogP contribution in [0, 0.1) is 0 Å². The summed E-state index contributed by atoms with van der Waals surface area (Å²) in [5, 5.41) is 8.83. The molecule has 16 heavy (non-hydrogen) atoms. The van der Waals surface area contributed by atoms with E-state index < -0.39 is 12.1 Å². The molecular formula is C11H16O4S. The van der Waals surface area contributed by atoms with Crippen LogP contribution in [0.1, 0.15) is 19.1 Å². The minimum Gasteiger partial charge on any atom is -0.479 e. The van der Waals surface area contributed by atoms with Crippen LogP contribution in [0.2, 0.25) is 0 Å². The number of aliphatic carboxylic acids is 1. The van der Waals surface area contributed by atoms with Gasteiger partial charge in [-0.05, 0) is 31.2 Å². The van der Waals surface area contributed by atoms with Crippen molar-refractivity contribution in [2.24, 2.45) is 0 Å². The van der Waals surface area contributed by atoms with Gasteiger partial charge in [0, 0.05) is 6.61 Å². The molecule has 1 N–H and O–H groups in total. The van der Waals surface area contributed by atoms with Gasteiger partial charge in [-0.25, -0.2) is 4.79 Å². The molecule has 1 atom stereocenters. The first-order valence-electron chi connectivity index (χ1n) is 5.18. The number of furan rings is 1. The van der Waals surface area contributed by atoms with Crippen LogP contribution < -0.4 is 0 Å². The van der Waals surface area contributed by atoms with E-state index >= 15 is 0 Å². The van der Waals surface area contributed by atoms with Gasteiger partial charge in [-0.15, -0.1) is 0 Å². The lowest BCUT2D eigenvalue weighted by Crippen LogP contribution is -2.24. The van der Waals surface area contributed by atoms with Gasteiger partial charge in [-0.2, -0.15) is 11.8 Å². The van der Waals surface area contributed by atoms with Crippen molar-refractivity contribution >= 4 is 17.7 Å². The SMILES string of the molecule is CCOC(CCSCc1ccco1)C(=O)O. The zero-order chi connectivity index (χ0) is 11.8. The maximum Gasteiger partial charge on any atom is 0.332 e. The molecule has 0 saturated carbocycles. The molecule has 5 heteroatoms. The summed E-state index contributed by atoms with van der Waals surface area (Å²) in [6, 6.07) is 3.75. The molecule has 0 spiro atoms. The third-order valence-corrected chi connectivity index (χ3v) is 3.01. The maximum atomic E-state index is 10.8. The number of ether oxygens (including phenoxy) is 1. The van der Waals surface area contributed by atoms with Crippen molar-refractivity contribution in [3.63, 3.8) is 0 Å². The Labute approximate surface area is 99.0 Å². The van der Waals surface area contributed by atoms with Gasteiger partial charge in [0.1, 0.15) is 5.76 Å². The number of hydrogen-bond acceptors (Lipinski definition) is 4. The van der Waals surface area contributed by atoms with E-state index in [2.05, 4.69) is 0 Å². The number of rotatable bonds is 8. The van der Waals surface area contributed by atoms with Crippen LogP contribution in [0.15, 0.2) is 22.8 Å². The van der Waals surface area contributed by atoms with Crippen LogP contribution >= 0.6 is 11.8 Å². The molecule has 1 heterocycles. The zero-order valence-corrected chi connectivity index (χ0v) is 10.0. The number of thioether (sulfide) groups is 1. The molecule has 0 aliphatic rings. The average Bonchev–Trinajstić information content (AvgIpc) is 2.75. The highest BCUT2D eigenvalue weighted by atomic mass is 32.2. The molecule has 0 amide bonds. The lowest BCUT2D eigenvalue weighted by Gasteiger charge is -2.11. The van der Waals surface area contributed by atoms with E-state index in [1.807, 2.05) is 12.1 Å². The summed E-state index contributed by atoms with van der Waals surface area (Å²) in [4.78, 5) is 10.8. The lowest BCUT2D eigenvalue weighted by molar-refractivity contribution is -0.150. The highest BCUT2D eigenvalue weighted by Crippen LogP contribution is 2.15. The van der Waals surface area contributed by atoms with Gasteiger partial charge in [0.15, 0.2) is 6.10 Å². The Balaban J connectivity index is 2.15. The Bertz CT molecular complexity index is 297. The highest BCUT2D eigenvalue weighted by molar-refractivity contribution is 7.98. The lowest BCUT2D eigenvalue weighted by atomic mass is 10.3.